The van der Waals surface area contributed by atoms with E-state index in [2.05, 4.69) is 73.8 Å². The number of allylic oxidation sites excluding steroid dienone is 1. The molecule has 4 rings (SSSR count). The molecule has 1 fully saturated rings. The first-order valence-electron chi connectivity index (χ1n) is 10.7. The van der Waals surface area contributed by atoms with Crippen LogP contribution in [0.15, 0.2) is 70.7 Å². The Morgan fingerprint density at radius 1 is 1.00 bits per heavy atom. The van der Waals surface area contributed by atoms with Crippen molar-refractivity contribution in [3.8, 4) is 0 Å². The van der Waals surface area contributed by atoms with E-state index in [0.717, 1.165) is 17.2 Å². The molecule has 29 heavy (non-hydrogen) atoms. The molecule has 2 aromatic rings. The third-order valence-electron chi connectivity index (χ3n) is 6.07. The van der Waals surface area contributed by atoms with Gasteiger partial charge in [0.05, 0.1) is 18.2 Å². The van der Waals surface area contributed by atoms with Crippen LogP contribution in [0.25, 0.3) is 5.70 Å². The van der Waals surface area contributed by atoms with Crippen LogP contribution in [0.3, 0.4) is 0 Å². The van der Waals surface area contributed by atoms with E-state index >= 15 is 0 Å². The standard InChI is InChI=1S/C26H30N2O/c1-20-13-15-21(16-14-20)24-17-26(18-25(28-24)29-2,22-9-5-3-6-10-22)19-27-23-11-7-4-8-12-23/h3,5-6,9-10,13-17,19,23H,4,7-8,11-12,18H2,1-2H3. The van der Waals surface area contributed by atoms with Gasteiger partial charge in [0.2, 0.25) is 0 Å². The van der Waals surface area contributed by atoms with Crippen LogP contribution in [0.5, 0.6) is 0 Å². The predicted molar refractivity (Wildman–Crippen MR) is 122 cm³/mol. The quantitative estimate of drug-likeness (QED) is 0.582. The molecule has 1 atom stereocenters. The summed E-state index contributed by atoms with van der Waals surface area (Å²) in [6, 6.07) is 19.6. The number of aryl methyl sites for hydroxylation is 1. The Kier molecular flexibility index (Phi) is 5.94. The van der Waals surface area contributed by atoms with E-state index in [1.807, 2.05) is 0 Å². The van der Waals surface area contributed by atoms with Gasteiger partial charge in [-0.15, -0.1) is 0 Å². The number of rotatable bonds is 4. The largest absolute Gasteiger partial charge is 0.484 e. The zero-order chi connectivity index (χ0) is 20.1. The van der Waals surface area contributed by atoms with Crippen molar-refractivity contribution in [1.82, 2.24) is 0 Å². The summed E-state index contributed by atoms with van der Waals surface area (Å²) in [5.41, 5.74) is 4.19. The fourth-order valence-corrected chi connectivity index (χ4v) is 4.30. The third kappa shape index (κ3) is 4.50. The van der Waals surface area contributed by atoms with Crippen LogP contribution in [0.1, 0.15) is 55.2 Å². The van der Waals surface area contributed by atoms with Gasteiger partial charge in [0.25, 0.3) is 0 Å². The first-order chi connectivity index (χ1) is 14.2. The Morgan fingerprint density at radius 3 is 2.41 bits per heavy atom. The second-order valence-corrected chi connectivity index (χ2v) is 8.26. The van der Waals surface area contributed by atoms with E-state index in [4.69, 9.17) is 14.7 Å². The lowest BCUT2D eigenvalue weighted by Gasteiger charge is -2.32. The zero-order valence-electron chi connectivity index (χ0n) is 17.5. The highest BCUT2D eigenvalue weighted by Crippen LogP contribution is 2.37. The third-order valence-corrected chi connectivity index (χ3v) is 6.07. The molecule has 0 aromatic heterocycles. The van der Waals surface area contributed by atoms with E-state index in [0.29, 0.717) is 12.5 Å². The normalized spacial score (nSPS) is 23.0. The van der Waals surface area contributed by atoms with Crippen molar-refractivity contribution in [2.75, 3.05) is 7.11 Å². The molecule has 0 spiro atoms. The number of aliphatic imine (C=N–C) groups is 2. The van der Waals surface area contributed by atoms with E-state index in [9.17, 15) is 0 Å². The first kappa shape index (κ1) is 19.6. The Bertz CT molecular complexity index is 905. The van der Waals surface area contributed by atoms with Crippen molar-refractivity contribution < 1.29 is 4.74 Å². The lowest BCUT2D eigenvalue weighted by Crippen LogP contribution is -2.33. The molecule has 3 heteroatoms. The molecule has 0 radical (unpaired) electrons. The second-order valence-electron chi connectivity index (χ2n) is 8.26. The van der Waals surface area contributed by atoms with Crippen molar-refractivity contribution in [3.05, 3.63) is 77.4 Å². The minimum Gasteiger partial charge on any atom is -0.484 e. The van der Waals surface area contributed by atoms with Crippen LogP contribution in [-0.2, 0) is 10.2 Å². The lowest BCUT2D eigenvalue weighted by molar-refractivity contribution is 0.382. The highest BCUT2D eigenvalue weighted by Gasteiger charge is 2.35. The van der Waals surface area contributed by atoms with Crippen LogP contribution in [0, 0.1) is 6.92 Å². The Hall–Kier alpha value is -2.68. The van der Waals surface area contributed by atoms with Crippen LogP contribution in [0.2, 0.25) is 0 Å². The van der Waals surface area contributed by atoms with Crippen molar-refractivity contribution in [2.24, 2.45) is 9.98 Å². The van der Waals surface area contributed by atoms with Crippen molar-refractivity contribution in [2.45, 2.75) is 56.9 Å². The lowest BCUT2D eigenvalue weighted by atomic mass is 9.76. The molecular formula is C26H30N2O. The SMILES string of the molecule is COC1=NC(c2ccc(C)cc2)=CC(C=NC2CCCCC2)(c2ccccc2)C1. The van der Waals surface area contributed by atoms with Gasteiger partial charge < -0.3 is 4.74 Å². The fraction of sp³-hybridized carbons (Fsp3) is 0.385. The molecule has 3 nitrogen and oxygen atoms in total. The highest BCUT2D eigenvalue weighted by molar-refractivity contribution is 5.95. The van der Waals surface area contributed by atoms with Crippen molar-refractivity contribution in [3.63, 3.8) is 0 Å². The molecule has 150 valence electrons. The molecule has 1 heterocycles. The molecule has 0 N–H and O–H groups in total. The summed E-state index contributed by atoms with van der Waals surface area (Å²) in [7, 11) is 1.71. The Morgan fingerprint density at radius 2 is 1.72 bits per heavy atom. The van der Waals surface area contributed by atoms with Crippen LogP contribution in [-0.4, -0.2) is 25.3 Å². The summed E-state index contributed by atoms with van der Waals surface area (Å²) in [4.78, 5) is 9.90. The number of ether oxygens (including phenoxy) is 1. The summed E-state index contributed by atoms with van der Waals surface area (Å²) in [5.74, 6) is 0.752. The molecule has 2 aromatic carbocycles. The number of benzene rings is 2. The van der Waals surface area contributed by atoms with Gasteiger partial charge in [-0.25, -0.2) is 4.99 Å². The number of hydrogen-bond donors (Lipinski definition) is 0. The van der Waals surface area contributed by atoms with Gasteiger partial charge in [0.15, 0.2) is 5.90 Å². The average Bonchev–Trinajstić information content (AvgIpc) is 2.79. The van der Waals surface area contributed by atoms with Gasteiger partial charge >= 0.3 is 0 Å². The molecule has 1 aliphatic carbocycles. The monoisotopic (exact) mass is 386 g/mol. The maximum atomic E-state index is 5.68. The summed E-state index contributed by atoms with van der Waals surface area (Å²) in [5, 5.41) is 0. The number of hydrogen-bond acceptors (Lipinski definition) is 3. The maximum absolute atomic E-state index is 5.68. The van der Waals surface area contributed by atoms with E-state index in [1.54, 1.807) is 7.11 Å². The summed E-state index contributed by atoms with van der Waals surface area (Å²) in [6.07, 6.45) is 11.5. The van der Waals surface area contributed by atoms with Gasteiger partial charge in [-0.2, -0.15) is 0 Å². The molecule has 0 amide bonds. The topological polar surface area (TPSA) is 34.0 Å². The minimum absolute atomic E-state index is 0.341. The Balaban J connectivity index is 1.79. The average molecular weight is 387 g/mol. The minimum atomic E-state index is -0.341. The van der Waals surface area contributed by atoms with Gasteiger partial charge in [-0.05, 0) is 37.0 Å². The molecule has 1 unspecified atom stereocenters. The molecule has 0 saturated heterocycles. The predicted octanol–water partition coefficient (Wildman–Crippen LogP) is 6.13. The fourth-order valence-electron chi connectivity index (χ4n) is 4.30. The van der Waals surface area contributed by atoms with Gasteiger partial charge in [0, 0.05) is 18.7 Å². The maximum Gasteiger partial charge on any atom is 0.189 e. The summed E-state index contributed by atoms with van der Waals surface area (Å²) >= 11 is 0. The molecular weight excluding hydrogens is 356 g/mol. The molecule has 0 bridgehead atoms. The van der Waals surface area contributed by atoms with Gasteiger partial charge in [-0.3, -0.25) is 4.99 Å². The van der Waals surface area contributed by atoms with Crippen molar-refractivity contribution in [1.29, 1.82) is 0 Å². The Labute approximate surface area is 174 Å². The summed E-state index contributed by atoms with van der Waals surface area (Å²) in [6.45, 7) is 2.11. The zero-order valence-corrected chi connectivity index (χ0v) is 17.5. The summed E-state index contributed by atoms with van der Waals surface area (Å²) < 4.78 is 5.68. The van der Waals surface area contributed by atoms with E-state index < -0.39 is 0 Å². The van der Waals surface area contributed by atoms with Crippen LogP contribution >= 0.6 is 0 Å². The van der Waals surface area contributed by atoms with E-state index in [-0.39, 0.29) is 5.41 Å². The van der Waals surface area contributed by atoms with Crippen molar-refractivity contribution >= 4 is 17.8 Å². The van der Waals surface area contributed by atoms with Gasteiger partial charge in [0.1, 0.15) is 0 Å². The second kappa shape index (κ2) is 8.77. The smallest absolute Gasteiger partial charge is 0.189 e. The van der Waals surface area contributed by atoms with E-state index in [1.165, 1.54) is 43.2 Å². The number of methoxy groups -OCH3 is 1. The van der Waals surface area contributed by atoms with Crippen LogP contribution in [0.4, 0.5) is 0 Å². The first-order valence-corrected chi connectivity index (χ1v) is 10.7. The molecule has 1 aliphatic heterocycles. The molecule has 2 aliphatic rings. The number of nitrogens with zero attached hydrogens (tertiary/aromatic N) is 2. The molecule has 1 saturated carbocycles. The van der Waals surface area contributed by atoms with Gasteiger partial charge in [-0.1, -0.05) is 79.4 Å². The highest BCUT2D eigenvalue weighted by atomic mass is 16.5. The van der Waals surface area contributed by atoms with Crippen LogP contribution < -0.4 is 0 Å².